The topological polar surface area (TPSA) is 91.3 Å². The van der Waals surface area contributed by atoms with Crippen LogP contribution in [0.5, 0.6) is 0 Å². The summed E-state index contributed by atoms with van der Waals surface area (Å²) in [5, 5.41) is 9.83. The zero-order chi connectivity index (χ0) is 13.5. The number of hydrogen-bond acceptors (Lipinski definition) is 7. The fourth-order valence-corrected chi connectivity index (χ4v) is 1.59. The van der Waals surface area contributed by atoms with Crippen molar-refractivity contribution >= 4 is 11.9 Å². The molecule has 0 aromatic rings. The van der Waals surface area contributed by atoms with Crippen LogP contribution in [-0.2, 0) is 28.5 Å². The number of aliphatic hydroxyl groups excluding tert-OH is 1. The Balaban J connectivity index is 2.75. The van der Waals surface area contributed by atoms with Crippen molar-refractivity contribution < 1.29 is 33.6 Å². The Morgan fingerprint density at radius 2 is 1.67 bits per heavy atom. The summed E-state index contributed by atoms with van der Waals surface area (Å²) in [7, 11) is 0. The first-order valence-corrected chi connectivity index (χ1v) is 5.86. The maximum Gasteiger partial charge on any atom is 0.336 e. The normalized spacial score (nSPS) is 19.3. The van der Waals surface area contributed by atoms with Crippen molar-refractivity contribution in [3.63, 3.8) is 0 Å². The minimum atomic E-state index is -1.66. The van der Waals surface area contributed by atoms with Crippen LogP contribution in [0.15, 0.2) is 0 Å². The van der Waals surface area contributed by atoms with E-state index in [9.17, 15) is 14.7 Å². The van der Waals surface area contributed by atoms with E-state index in [1.807, 2.05) is 0 Å². The fourth-order valence-electron chi connectivity index (χ4n) is 1.59. The number of carbonyl (C=O) groups is 2. The van der Waals surface area contributed by atoms with Crippen LogP contribution in [0.25, 0.3) is 0 Å². The number of rotatable bonds is 6. The number of aliphatic hydroxyl groups is 1. The smallest absolute Gasteiger partial charge is 0.336 e. The first kappa shape index (κ1) is 14.9. The molecule has 104 valence electrons. The molecule has 0 amide bonds. The van der Waals surface area contributed by atoms with Gasteiger partial charge >= 0.3 is 11.9 Å². The summed E-state index contributed by atoms with van der Waals surface area (Å²) in [5.74, 6) is -2.87. The second kappa shape index (κ2) is 7.30. The summed E-state index contributed by atoms with van der Waals surface area (Å²) in [6, 6.07) is 0. The zero-order valence-corrected chi connectivity index (χ0v) is 10.5. The van der Waals surface area contributed by atoms with Crippen LogP contribution in [0.3, 0.4) is 0 Å². The van der Waals surface area contributed by atoms with Gasteiger partial charge in [-0.25, -0.2) is 4.79 Å². The van der Waals surface area contributed by atoms with Crippen LogP contribution in [0.2, 0.25) is 0 Å². The fraction of sp³-hybridized carbons (Fsp3) is 0.818. The van der Waals surface area contributed by atoms with Crippen molar-refractivity contribution in [1.29, 1.82) is 0 Å². The minimum Gasteiger partial charge on any atom is -0.466 e. The van der Waals surface area contributed by atoms with E-state index in [0.29, 0.717) is 13.2 Å². The highest BCUT2D eigenvalue weighted by Crippen LogP contribution is 2.21. The van der Waals surface area contributed by atoms with Crippen molar-refractivity contribution in [3.8, 4) is 0 Å². The number of ether oxygens (including phenoxy) is 4. The standard InChI is InChI=1S/C11H18O7/c1-3-15-9(13)7(11-17-5-6-18-11)8(12)10(14)16-4-2/h7-8,11-12H,3-6H2,1-2H3. The van der Waals surface area contributed by atoms with E-state index in [1.165, 1.54) is 0 Å². The Bertz CT molecular complexity index is 285. The highest BCUT2D eigenvalue weighted by molar-refractivity contribution is 5.84. The van der Waals surface area contributed by atoms with Gasteiger partial charge in [-0.2, -0.15) is 0 Å². The molecule has 1 saturated heterocycles. The SMILES string of the molecule is CCOC(=O)C(O)C(C(=O)OCC)C1OCCO1. The molecule has 0 bridgehead atoms. The highest BCUT2D eigenvalue weighted by Gasteiger charge is 2.43. The van der Waals surface area contributed by atoms with E-state index in [0.717, 1.165) is 0 Å². The number of hydrogen-bond donors (Lipinski definition) is 1. The van der Waals surface area contributed by atoms with E-state index >= 15 is 0 Å². The van der Waals surface area contributed by atoms with Gasteiger partial charge in [0.1, 0.15) is 5.92 Å². The van der Waals surface area contributed by atoms with Crippen molar-refractivity contribution in [1.82, 2.24) is 0 Å². The lowest BCUT2D eigenvalue weighted by Gasteiger charge is -2.23. The van der Waals surface area contributed by atoms with Gasteiger partial charge in [-0.05, 0) is 13.8 Å². The molecule has 2 unspecified atom stereocenters. The molecule has 1 rings (SSSR count). The van der Waals surface area contributed by atoms with Crippen molar-refractivity contribution in [2.45, 2.75) is 26.2 Å². The summed E-state index contributed by atoms with van der Waals surface area (Å²) < 4.78 is 19.7. The Morgan fingerprint density at radius 3 is 2.17 bits per heavy atom. The summed E-state index contributed by atoms with van der Waals surface area (Å²) in [5.41, 5.74) is 0. The van der Waals surface area contributed by atoms with Gasteiger partial charge in [0, 0.05) is 0 Å². The molecule has 18 heavy (non-hydrogen) atoms. The molecule has 1 aliphatic rings. The van der Waals surface area contributed by atoms with Gasteiger partial charge in [-0.3, -0.25) is 4.79 Å². The van der Waals surface area contributed by atoms with Gasteiger partial charge in [-0.1, -0.05) is 0 Å². The minimum absolute atomic E-state index is 0.109. The van der Waals surface area contributed by atoms with Crippen LogP contribution in [-0.4, -0.2) is 55.9 Å². The van der Waals surface area contributed by atoms with Gasteiger partial charge in [0.05, 0.1) is 26.4 Å². The zero-order valence-electron chi connectivity index (χ0n) is 10.5. The molecule has 0 aromatic heterocycles. The van der Waals surface area contributed by atoms with Gasteiger partial charge < -0.3 is 24.1 Å². The Hall–Kier alpha value is -1.18. The lowest BCUT2D eigenvalue weighted by atomic mass is 10.0. The molecule has 2 atom stereocenters. The molecule has 0 saturated carbocycles. The first-order valence-electron chi connectivity index (χ1n) is 5.86. The van der Waals surface area contributed by atoms with Crippen LogP contribution >= 0.6 is 0 Å². The molecule has 1 N–H and O–H groups in total. The molecule has 0 aliphatic carbocycles. The van der Waals surface area contributed by atoms with E-state index in [1.54, 1.807) is 13.8 Å². The average Bonchev–Trinajstić information content (AvgIpc) is 2.83. The van der Waals surface area contributed by atoms with Crippen LogP contribution < -0.4 is 0 Å². The van der Waals surface area contributed by atoms with Gasteiger partial charge in [0.2, 0.25) is 0 Å². The summed E-state index contributed by atoms with van der Waals surface area (Å²) in [6.07, 6.45) is -2.64. The summed E-state index contributed by atoms with van der Waals surface area (Å²) >= 11 is 0. The van der Waals surface area contributed by atoms with E-state index < -0.39 is 30.3 Å². The highest BCUT2D eigenvalue weighted by atomic mass is 16.7. The van der Waals surface area contributed by atoms with E-state index in [4.69, 9.17) is 14.2 Å². The van der Waals surface area contributed by atoms with Crippen molar-refractivity contribution in [2.24, 2.45) is 5.92 Å². The largest absolute Gasteiger partial charge is 0.466 e. The third kappa shape index (κ3) is 3.66. The number of carbonyl (C=O) groups excluding carboxylic acids is 2. The molecule has 7 nitrogen and oxygen atoms in total. The molecule has 0 radical (unpaired) electrons. The average molecular weight is 262 g/mol. The molecular formula is C11H18O7. The lowest BCUT2D eigenvalue weighted by molar-refractivity contribution is -0.186. The van der Waals surface area contributed by atoms with Crippen molar-refractivity contribution in [2.75, 3.05) is 26.4 Å². The molecular weight excluding hydrogens is 244 g/mol. The van der Waals surface area contributed by atoms with Crippen molar-refractivity contribution in [3.05, 3.63) is 0 Å². The van der Waals surface area contributed by atoms with E-state index in [2.05, 4.69) is 4.74 Å². The monoisotopic (exact) mass is 262 g/mol. The predicted molar refractivity (Wildman–Crippen MR) is 58.5 cm³/mol. The molecule has 7 heteroatoms. The molecule has 1 fully saturated rings. The van der Waals surface area contributed by atoms with Crippen LogP contribution in [0.1, 0.15) is 13.8 Å². The second-order valence-corrected chi connectivity index (χ2v) is 3.58. The Kier molecular flexibility index (Phi) is 6.03. The lowest BCUT2D eigenvalue weighted by Crippen LogP contribution is -2.44. The molecule has 1 heterocycles. The summed E-state index contributed by atoms with van der Waals surface area (Å²) in [6.45, 7) is 4.08. The predicted octanol–water partition coefficient (Wildman–Crippen LogP) is -0.537. The maximum absolute atomic E-state index is 11.7. The quantitative estimate of drug-likeness (QED) is 0.643. The molecule has 0 aromatic carbocycles. The van der Waals surface area contributed by atoms with Crippen LogP contribution in [0, 0.1) is 5.92 Å². The Morgan fingerprint density at radius 1 is 1.17 bits per heavy atom. The molecule has 0 spiro atoms. The van der Waals surface area contributed by atoms with Gasteiger partial charge in [-0.15, -0.1) is 0 Å². The number of esters is 2. The first-order chi connectivity index (χ1) is 8.61. The third-order valence-corrected chi connectivity index (χ3v) is 2.37. The summed E-state index contributed by atoms with van der Waals surface area (Å²) in [4.78, 5) is 23.2. The molecule has 1 aliphatic heterocycles. The third-order valence-electron chi connectivity index (χ3n) is 2.37. The van der Waals surface area contributed by atoms with Gasteiger partial charge in [0.15, 0.2) is 12.4 Å². The van der Waals surface area contributed by atoms with Gasteiger partial charge in [0.25, 0.3) is 0 Å². The van der Waals surface area contributed by atoms with Crippen LogP contribution in [0.4, 0.5) is 0 Å². The maximum atomic E-state index is 11.7. The Labute approximate surface area is 105 Å². The second-order valence-electron chi connectivity index (χ2n) is 3.58. The van der Waals surface area contributed by atoms with E-state index in [-0.39, 0.29) is 13.2 Å².